The Morgan fingerprint density at radius 3 is 2.32 bits per heavy atom. The zero-order chi connectivity index (χ0) is 16.4. The summed E-state index contributed by atoms with van der Waals surface area (Å²) in [5.74, 6) is -0.137. The molecule has 0 unspecified atom stereocenters. The maximum atomic E-state index is 12.3. The molecule has 0 aromatic heterocycles. The molecule has 4 heteroatoms. The predicted molar refractivity (Wildman–Crippen MR) is 87.6 cm³/mol. The van der Waals surface area contributed by atoms with Crippen molar-refractivity contribution in [1.29, 1.82) is 0 Å². The van der Waals surface area contributed by atoms with Gasteiger partial charge in [-0.25, -0.2) is 0 Å². The summed E-state index contributed by atoms with van der Waals surface area (Å²) in [6, 6.07) is 8.24. The Kier molecular flexibility index (Phi) is 8.26. The number of hydrogen-bond donors (Lipinski definition) is 0. The maximum absolute atomic E-state index is 12.3. The van der Waals surface area contributed by atoms with E-state index in [0.717, 1.165) is 12.8 Å². The molecule has 22 heavy (non-hydrogen) atoms. The van der Waals surface area contributed by atoms with Gasteiger partial charge in [0.15, 0.2) is 0 Å². The van der Waals surface area contributed by atoms with Crippen LogP contribution in [-0.4, -0.2) is 36.5 Å². The van der Waals surface area contributed by atoms with Crippen LogP contribution in [0, 0.1) is 6.92 Å². The number of amides is 1. The van der Waals surface area contributed by atoms with Crippen molar-refractivity contribution in [3.05, 3.63) is 35.4 Å². The van der Waals surface area contributed by atoms with E-state index in [0.29, 0.717) is 26.1 Å². The van der Waals surface area contributed by atoms with E-state index in [2.05, 4.69) is 24.3 Å². The molecule has 0 saturated heterocycles. The van der Waals surface area contributed by atoms with Crippen molar-refractivity contribution >= 4 is 11.9 Å². The first-order valence-corrected chi connectivity index (χ1v) is 8.05. The Morgan fingerprint density at radius 1 is 1.05 bits per heavy atom. The number of aryl methyl sites for hydroxylation is 2. The molecule has 0 atom stereocenters. The van der Waals surface area contributed by atoms with Crippen LogP contribution in [0.25, 0.3) is 0 Å². The van der Waals surface area contributed by atoms with Crippen LogP contribution in [0.2, 0.25) is 0 Å². The molecule has 0 radical (unpaired) electrons. The first kappa shape index (κ1) is 18.2. The molecule has 0 saturated carbocycles. The van der Waals surface area contributed by atoms with Gasteiger partial charge in [0.05, 0.1) is 13.0 Å². The van der Waals surface area contributed by atoms with E-state index < -0.39 is 0 Å². The van der Waals surface area contributed by atoms with Gasteiger partial charge in [0.25, 0.3) is 0 Å². The fourth-order valence-electron chi connectivity index (χ4n) is 2.25. The summed E-state index contributed by atoms with van der Waals surface area (Å²) in [4.78, 5) is 25.5. The van der Waals surface area contributed by atoms with Crippen LogP contribution >= 0.6 is 0 Å². The molecular formula is C18H27NO3. The van der Waals surface area contributed by atoms with Crippen LogP contribution in [0.4, 0.5) is 0 Å². The molecule has 1 aromatic carbocycles. The molecule has 0 spiro atoms. The van der Waals surface area contributed by atoms with Gasteiger partial charge in [-0.3, -0.25) is 9.59 Å². The normalized spacial score (nSPS) is 10.3. The summed E-state index contributed by atoms with van der Waals surface area (Å²) < 4.78 is 4.91. The Hall–Kier alpha value is -1.84. The molecule has 0 aliphatic heterocycles. The number of nitrogens with zero attached hydrogens (tertiary/aromatic N) is 1. The van der Waals surface area contributed by atoms with Crippen LogP contribution in [0.15, 0.2) is 24.3 Å². The zero-order valence-electron chi connectivity index (χ0n) is 13.9. The minimum absolute atomic E-state index is 0.103. The summed E-state index contributed by atoms with van der Waals surface area (Å²) in [5.41, 5.74) is 2.39. The lowest BCUT2D eigenvalue weighted by atomic mass is 10.1. The fourth-order valence-corrected chi connectivity index (χ4v) is 2.25. The van der Waals surface area contributed by atoms with E-state index in [9.17, 15) is 9.59 Å². The van der Waals surface area contributed by atoms with Gasteiger partial charge < -0.3 is 9.64 Å². The average Bonchev–Trinajstić information content (AvgIpc) is 2.51. The van der Waals surface area contributed by atoms with Crippen LogP contribution in [-0.2, 0) is 20.7 Å². The fraction of sp³-hybridized carbons (Fsp3) is 0.556. The SMILES string of the molecule is CCCN(CCC(=O)OCC)C(=O)CCc1ccc(C)cc1. The molecule has 0 N–H and O–H groups in total. The molecule has 0 heterocycles. The number of carbonyl (C=O) groups is 2. The van der Waals surface area contributed by atoms with E-state index in [4.69, 9.17) is 4.74 Å². The molecule has 122 valence electrons. The van der Waals surface area contributed by atoms with E-state index in [-0.39, 0.29) is 18.3 Å². The summed E-state index contributed by atoms with van der Waals surface area (Å²) >= 11 is 0. The summed E-state index contributed by atoms with van der Waals surface area (Å²) in [6.07, 6.45) is 2.37. The molecular weight excluding hydrogens is 278 g/mol. The summed E-state index contributed by atoms with van der Waals surface area (Å²) in [6.45, 7) is 7.38. The predicted octanol–water partition coefficient (Wildman–Crippen LogP) is 3.12. The highest BCUT2D eigenvalue weighted by Crippen LogP contribution is 2.08. The van der Waals surface area contributed by atoms with Crippen molar-refractivity contribution < 1.29 is 14.3 Å². The van der Waals surface area contributed by atoms with E-state index in [1.807, 2.05) is 13.8 Å². The quantitative estimate of drug-likeness (QED) is 0.659. The van der Waals surface area contributed by atoms with Gasteiger partial charge in [-0.05, 0) is 32.3 Å². The molecule has 0 bridgehead atoms. The lowest BCUT2D eigenvalue weighted by Crippen LogP contribution is -2.34. The van der Waals surface area contributed by atoms with Gasteiger partial charge >= 0.3 is 5.97 Å². The molecule has 0 fully saturated rings. The third-order valence-corrected chi connectivity index (χ3v) is 3.49. The van der Waals surface area contributed by atoms with Gasteiger partial charge in [-0.1, -0.05) is 36.8 Å². The maximum Gasteiger partial charge on any atom is 0.307 e. The number of carbonyl (C=O) groups excluding carboxylic acids is 2. The highest BCUT2D eigenvalue weighted by atomic mass is 16.5. The molecule has 1 rings (SSSR count). The molecule has 4 nitrogen and oxygen atoms in total. The highest BCUT2D eigenvalue weighted by molar-refractivity contribution is 5.77. The Morgan fingerprint density at radius 2 is 1.73 bits per heavy atom. The van der Waals surface area contributed by atoms with Gasteiger partial charge in [0, 0.05) is 19.5 Å². The van der Waals surface area contributed by atoms with Crippen molar-refractivity contribution in [2.45, 2.75) is 46.5 Å². The molecule has 1 aromatic rings. The van der Waals surface area contributed by atoms with Crippen molar-refractivity contribution in [3.63, 3.8) is 0 Å². The zero-order valence-corrected chi connectivity index (χ0v) is 13.9. The second kappa shape index (κ2) is 9.98. The summed E-state index contributed by atoms with van der Waals surface area (Å²) in [7, 11) is 0. The second-order valence-electron chi connectivity index (χ2n) is 5.42. The molecule has 1 amide bonds. The van der Waals surface area contributed by atoms with E-state index >= 15 is 0 Å². The lowest BCUT2D eigenvalue weighted by Gasteiger charge is -2.21. The minimum Gasteiger partial charge on any atom is -0.466 e. The number of ether oxygens (including phenoxy) is 1. The topological polar surface area (TPSA) is 46.6 Å². The third-order valence-electron chi connectivity index (χ3n) is 3.49. The van der Waals surface area contributed by atoms with E-state index in [1.165, 1.54) is 11.1 Å². The average molecular weight is 305 g/mol. The monoisotopic (exact) mass is 305 g/mol. The van der Waals surface area contributed by atoms with E-state index in [1.54, 1.807) is 11.8 Å². The van der Waals surface area contributed by atoms with Crippen LogP contribution in [0.5, 0.6) is 0 Å². The summed E-state index contributed by atoms with van der Waals surface area (Å²) in [5, 5.41) is 0. The van der Waals surface area contributed by atoms with Gasteiger partial charge in [-0.2, -0.15) is 0 Å². The third kappa shape index (κ3) is 6.74. The van der Waals surface area contributed by atoms with Crippen molar-refractivity contribution in [1.82, 2.24) is 4.90 Å². The molecule has 0 aliphatic rings. The van der Waals surface area contributed by atoms with Gasteiger partial charge in [0.2, 0.25) is 5.91 Å². The Labute approximate surface area is 133 Å². The standard InChI is InChI=1S/C18H27NO3/c1-4-13-19(14-12-18(21)22-5-2)17(20)11-10-16-8-6-15(3)7-9-16/h6-9H,4-5,10-14H2,1-3H3. The first-order valence-electron chi connectivity index (χ1n) is 8.05. The second-order valence-corrected chi connectivity index (χ2v) is 5.42. The number of rotatable bonds is 9. The lowest BCUT2D eigenvalue weighted by molar-refractivity contribution is -0.144. The van der Waals surface area contributed by atoms with Gasteiger partial charge in [0.1, 0.15) is 0 Å². The van der Waals surface area contributed by atoms with Crippen LogP contribution in [0.1, 0.15) is 44.2 Å². The number of benzene rings is 1. The number of hydrogen-bond acceptors (Lipinski definition) is 3. The number of esters is 1. The van der Waals surface area contributed by atoms with Crippen LogP contribution in [0.3, 0.4) is 0 Å². The first-order chi connectivity index (χ1) is 10.6. The Bertz CT molecular complexity index is 468. The van der Waals surface area contributed by atoms with Gasteiger partial charge in [-0.15, -0.1) is 0 Å². The largest absolute Gasteiger partial charge is 0.466 e. The highest BCUT2D eigenvalue weighted by Gasteiger charge is 2.14. The Balaban J connectivity index is 2.46. The van der Waals surface area contributed by atoms with Crippen LogP contribution < -0.4 is 0 Å². The van der Waals surface area contributed by atoms with Crippen molar-refractivity contribution in [2.75, 3.05) is 19.7 Å². The van der Waals surface area contributed by atoms with Crippen molar-refractivity contribution in [2.24, 2.45) is 0 Å². The smallest absolute Gasteiger partial charge is 0.307 e. The van der Waals surface area contributed by atoms with Crippen molar-refractivity contribution in [3.8, 4) is 0 Å². The minimum atomic E-state index is -0.241. The molecule has 0 aliphatic carbocycles.